The molecule has 26 heavy (non-hydrogen) atoms. The van der Waals surface area contributed by atoms with E-state index in [9.17, 15) is 0 Å². The van der Waals surface area contributed by atoms with Crippen LogP contribution in [0.4, 0.5) is 0 Å². The molecular weight excluding hydrogens is 312 g/mol. The Hall–Kier alpha value is -2.34. The van der Waals surface area contributed by atoms with E-state index in [2.05, 4.69) is 84.9 Å². The monoisotopic (exact) mass is 340 g/mol. The summed E-state index contributed by atoms with van der Waals surface area (Å²) in [7, 11) is 0. The topological polar surface area (TPSA) is 0 Å². The van der Waals surface area contributed by atoms with Crippen molar-refractivity contribution in [2.75, 3.05) is 0 Å². The normalized spacial score (nSPS) is 19.1. The van der Waals surface area contributed by atoms with E-state index in [1.807, 2.05) is 0 Å². The van der Waals surface area contributed by atoms with Crippen LogP contribution in [0.2, 0.25) is 0 Å². The summed E-state index contributed by atoms with van der Waals surface area (Å²) in [4.78, 5) is 0. The second-order valence-electron chi connectivity index (χ2n) is 7.65. The highest BCUT2D eigenvalue weighted by Crippen LogP contribution is 2.46. The van der Waals surface area contributed by atoms with Gasteiger partial charge in [-0.15, -0.1) is 0 Å². The van der Waals surface area contributed by atoms with E-state index in [0.717, 1.165) is 0 Å². The van der Waals surface area contributed by atoms with Gasteiger partial charge in [-0.2, -0.15) is 0 Å². The van der Waals surface area contributed by atoms with Crippen LogP contribution < -0.4 is 0 Å². The summed E-state index contributed by atoms with van der Waals surface area (Å²) in [6, 6.07) is 31.3. The first-order valence-corrected chi connectivity index (χ1v) is 10.1. The lowest BCUT2D eigenvalue weighted by atomic mass is 9.63. The van der Waals surface area contributed by atoms with E-state index in [-0.39, 0.29) is 5.41 Å². The summed E-state index contributed by atoms with van der Waals surface area (Å²) in [6.45, 7) is 0. The van der Waals surface area contributed by atoms with Gasteiger partial charge in [-0.1, -0.05) is 91.3 Å². The molecule has 0 spiro atoms. The highest BCUT2D eigenvalue weighted by Gasteiger charge is 2.37. The Kier molecular flexibility index (Phi) is 5.20. The van der Waals surface area contributed by atoms with Crippen molar-refractivity contribution >= 4 is 0 Å². The van der Waals surface area contributed by atoms with Crippen molar-refractivity contribution < 1.29 is 0 Å². The molecule has 0 saturated carbocycles. The first-order valence-electron chi connectivity index (χ1n) is 10.1. The van der Waals surface area contributed by atoms with Gasteiger partial charge in [0.2, 0.25) is 0 Å². The summed E-state index contributed by atoms with van der Waals surface area (Å²) in [6.07, 6.45) is 8.78. The Labute approximate surface area is 157 Å². The van der Waals surface area contributed by atoms with Crippen LogP contribution in [0.1, 0.15) is 54.4 Å². The molecule has 0 nitrogen and oxygen atoms in total. The molecule has 0 amide bonds. The minimum Gasteiger partial charge on any atom is -0.0622 e. The summed E-state index contributed by atoms with van der Waals surface area (Å²) >= 11 is 0. The Morgan fingerprint density at radius 3 is 2.19 bits per heavy atom. The highest BCUT2D eigenvalue weighted by molar-refractivity contribution is 5.45. The molecule has 0 aromatic heterocycles. The van der Waals surface area contributed by atoms with Gasteiger partial charge in [0.15, 0.2) is 0 Å². The van der Waals surface area contributed by atoms with Gasteiger partial charge in [0.05, 0.1) is 0 Å². The first-order chi connectivity index (χ1) is 12.9. The highest BCUT2D eigenvalue weighted by atomic mass is 14.4. The van der Waals surface area contributed by atoms with Gasteiger partial charge in [-0.25, -0.2) is 0 Å². The summed E-state index contributed by atoms with van der Waals surface area (Å²) < 4.78 is 0. The summed E-state index contributed by atoms with van der Waals surface area (Å²) in [5.74, 6) is 0. The smallest absolute Gasteiger partial charge is 0.0205 e. The van der Waals surface area contributed by atoms with E-state index >= 15 is 0 Å². The van der Waals surface area contributed by atoms with Gasteiger partial charge < -0.3 is 0 Å². The van der Waals surface area contributed by atoms with Gasteiger partial charge >= 0.3 is 0 Å². The molecule has 3 aromatic carbocycles. The van der Waals surface area contributed by atoms with E-state index in [0.29, 0.717) is 0 Å². The van der Waals surface area contributed by atoms with Crippen LogP contribution in [-0.2, 0) is 18.3 Å². The zero-order chi connectivity index (χ0) is 17.7. The zero-order valence-electron chi connectivity index (χ0n) is 15.5. The van der Waals surface area contributed by atoms with Gasteiger partial charge in [0, 0.05) is 5.41 Å². The van der Waals surface area contributed by atoms with Crippen molar-refractivity contribution in [3.63, 3.8) is 0 Å². The Morgan fingerprint density at radius 1 is 0.692 bits per heavy atom. The van der Waals surface area contributed by atoms with Crippen LogP contribution in [0.15, 0.2) is 84.9 Å². The lowest BCUT2D eigenvalue weighted by Gasteiger charge is -2.40. The Balaban J connectivity index is 1.57. The predicted octanol–water partition coefficient (Wildman–Crippen LogP) is 6.72. The largest absolute Gasteiger partial charge is 0.0622 e. The summed E-state index contributed by atoms with van der Waals surface area (Å²) in [5, 5.41) is 0. The van der Waals surface area contributed by atoms with Crippen LogP contribution in [0, 0.1) is 0 Å². The second-order valence-corrected chi connectivity index (χ2v) is 7.65. The minimum absolute atomic E-state index is 0.201. The average Bonchev–Trinajstić information content (AvgIpc) is 2.73. The fraction of sp³-hybridized carbons (Fsp3) is 0.308. The third-order valence-electron chi connectivity index (χ3n) is 6.07. The Morgan fingerprint density at radius 2 is 1.38 bits per heavy atom. The van der Waals surface area contributed by atoms with Gasteiger partial charge in [0.1, 0.15) is 0 Å². The van der Waals surface area contributed by atoms with Gasteiger partial charge in [0.25, 0.3) is 0 Å². The zero-order valence-corrected chi connectivity index (χ0v) is 15.5. The lowest BCUT2D eigenvalue weighted by Crippen LogP contribution is -2.32. The number of hydrogen-bond donors (Lipinski definition) is 0. The summed E-state index contributed by atoms with van der Waals surface area (Å²) in [5.41, 5.74) is 6.31. The van der Waals surface area contributed by atoms with Gasteiger partial charge in [-0.3, -0.25) is 0 Å². The maximum absolute atomic E-state index is 2.39. The van der Waals surface area contributed by atoms with Crippen molar-refractivity contribution in [1.82, 2.24) is 0 Å². The molecule has 0 fully saturated rings. The molecule has 0 heterocycles. The van der Waals surface area contributed by atoms with E-state index < -0.39 is 0 Å². The maximum atomic E-state index is 2.39. The van der Waals surface area contributed by atoms with Crippen molar-refractivity contribution in [2.45, 2.75) is 50.4 Å². The van der Waals surface area contributed by atoms with Crippen molar-refractivity contribution in [1.29, 1.82) is 0 Å². The number of rotatable bonds is 6. The van der Waals surface area contributed by atoms with E-state index in [4.69, 9.17) is 0 Å². The maximum Gasteiger partial charge on any atom is 0.0205 e. The minimum atomic E-state index is 0.201. The molecule has 0 aliphatic heterocycles. The van der Waals surface area contributed by atoms with E-state index in [1.165, 1.54) is 56.1 Å². The van der Waals surface area contributed by atoms with Gasteiger partial charge in [-0.05, 0) is 60.8 Å². The van der Waals surface area contributed by atoms with Crippen LogP contribution in [0.25, 0.3) is 0 Å². The van der Waals surface area contributed by atoms with E-state index in [1.54, 1.807) is 11.1 Å². The average molecular weight is 341 g/mol. The molecule has 1 aliphatic carbocycles. The number of hydrogen-bond acceptors (Lipinski definition) is 0. The van der Waals surface area contributed by atoms with Crippen molar-refractivity contribution in [3.05, 3.63) is 107 Å². The SMILES string of the molecule is c1ccc(CCCCC2(c3ccccc3)CCCc3ccccc32)cc1. The molecule has 0 heteroatoms. The van der Waals surface area contributed by atoms with Crippen LogP contribution in [0.5, 0.6) is 0 Å². The molecule has 3 aromatic rings. The van der Waals surface area contributed by atoms with Crippen LogP contribution >= 0.6 is 0 Å². The molecular formula is C26H28. The molecule has 132 valence electrons. The fourth-order valence-corrected chi connectivity index (χ4v) is 4.78. The quantitative estimate of drug-likeness (QED) is 0.437. The Bertz CT molecular complexity index is 819. The molecule has 4 rings (SSSR count). The predicted molar refractivity (Wildman–Crippen MR) is 111 cm³/mol. The molecule has 1 aliphatic rings. The molecule has 0 saturated heterocycles. The molecule has 0 N–H and O–H groups in total. The number of benzene rings is 3. The molecule has 1 unspecified atom stereocenters. The van der Waals surface area contributed by atoms with Crippen LogP contribution in [-0.4, -0.2) is 0 Å². The third-order valence-corrected chi connectivity index (χ3v) is 6.07. The van der Waals surface area contributed by atoms with Crippen LogP contribution in [0.3, 0.4) is 0 Å². The lowest BCUT2D eigenvalue weighted by molar-refractivity contribution is 0.383. The standard InChI is InChI=1S/C26H28/c1-3-12-22(13-4-1)14-9-10-20-26(24-17-5-2-6-18-24)21-11-16-23-15-7-8-19-25(23)26/h1-8,12-13,15,17-19H,9-11,14,16,20-21H2. The number of unbranched alkanes of at least 4 members (excludes halogenated alkanes) is 1. The van der Waals surface area contributed by atoms with Crippen molar-refractivity contribution in [3.8, 4) is 0 Å². The molecule has 0 bridgehead atoms. The number of aryl methyl sites for hydroxylation is 2. The first kappa shape index (κ1) is 17.1. The fourth-order valence-electron chi connectivity index (χ4n) is 4.78. The molecule has 0 radical (unpaired) electrons. The second kappa shape index (κ2) is 7.91. The number of fused-ring (bicyclic) bond motifs is 1. The third kappa shape index (κ3) is 3.46. The van der Waals surface area contributed by atoms with Crippen molar-refractivity contribution in [2.24, 2.45) is 0 Å². The molecule has 1 atom stereocenters.